The Kier molecular flexibility index (Phi) is 4.10. The topological polar surface area (TPSA) is 71.4 Å². The predicted octanol–water partition coefficient (Wildman–Crippen LogP) is 2.28. The standard InChI is InChI=1S/C15H16O4/c16-8-10-1-3-11(4-2-10)14-6-5-12(15(18)19)7-13(14)9-17/h1-4,8-9,12-14H,5-7H2,(H,18,19). The second-order valence-electron chi connectivity index (χ2n) is 5.04. The van der Waals surface area contributed by atoms with Gasteiger partial charge in [0.05, 0.1) is 5.92 Å². The van der Waals surface area contributed by atoms with Crippen LogP contribution in [0.4, 0.5) is 0 Å². The van der Waals surface area contributed by atoms with Gasteiger partial charge in [0, 0.05) is 11.5 Å². The molecule has 0 amide bonds. The summed E-state index contributed by atoms with van der Waals surface area (Å²) in [7, 11) is 0. The van der Waals surface area contributed by atoms with Gasteiger partial charge in [-0.2, -0.15) is 0 Å². The summed E-state index contributed by atoms with van der Waals surface area (Å²) in [6, 6.07) is 7.17. The van der Waals surface area contributed by atoms with Crippen LogP contribution in [-0.2, 0) is 9.59 Å². The Bertz CT molecular complexity index is 477. The quantitative estimate of drug-likeness (QED) is 0.843. The van der Waals surface area contributed by atoms with Crippen LogP contribution in [0.15, 0.2) is 24.3 Å². The number of hydrogen-bond acceptors (Lipinski definition) is 3. The molecular formula is C15H16O4. The lowest BCUT2D eigenvalue weighted by molar-refractivity contribution is -0.143. The number of carboxylic acids is 1. The maximum Gasteiger partial charge on any atom is 0.306 e. The van der Waals surface area contributed by atoms with Crippen molar-refractivity contribution in [1.82, 2.24) is 0 Å². The Hall–Kier alpha value is -1.97. The molecule has 1 aromatic rings. The van der Waals surface area contributed by atoms with Crippen LogP contribution in [0.2, 0.25) is 0 Å². The van der Waals surface area contributed by atoms with Gasteiger partial charge in [0.1, 0.15) is 12.6 Å². The van der Waals surface area contributed by atoms with Crippen molar-refractivity contribution in [2.45, 2.75) is 25.2 Å². The van der Waals surface area contributed by atoms with E-state index in [1.807, 2.05) is 12.1 Å². The molecule has 0 heterocycles. The van der Waals surface area contributed by atoms with Gasteiger partial charge in [-0.05, 0) is 30.7 Å². The first-order chi connectivity index (χ1) is 9.15. The number of benzene rings is 1. The molecule has 3 atom stereocenters. The second kappa shape index (κ2) is 5.78. The summed E-state index contributed by atoms with van der Waals surface area (Å²) in [4.78, 5) is 32.8. The van der Waals surface area contributed by atoms with Gasteiger partial charge in [0.2, 0.25) is 0 Å². The van der Waals surface area contributed by atoms with Crippen molar-refractivity contribution in [3.63, 3.8) is 0 Å². The lowest BCUT2D eigenvalue weighted by Gasteiger charge is -2.31. The first kappa shape index (κ1) is 13.5. The summed E-state index contributed by atoms with van der Waals surface area (Å²) in [5.74, 6) is -1.42. The fraction of sp³-hybridized carbons (Fsp3) is 0.400. The molecule has 0 saturated heterocycles. The third kappa shape index (κ3) is 2.89. The molecule has 0 spiro atoms. The van der Waals surface area contributed by atoms with Gasteiger partial charge >= 0.3 is 5.97 Å². The monoisotopic (exact) mass is 260 g/mol. The van der Waals surface area contributed by atoms with Crippen molar-refractivity contribution in [3.05, 3.63) is 35.4 Å². The van der Waals surface area contributed by atoms with Crippen molar-refractivity contribution in [1.29, 1.82) is 0 Å². The van der Waals surface area contributed by atoms with E-state index in [-0.39, 0.29) is 11.8 Å². The highest BCUT2D eigenvalue weighted by Crippen LogP contribution is 2.39. The summed E-state index contributed by atoms with van der Waals surface area (Å²) < 4.78 is 0. The van der Waals surface area contributed by atoms with E-state index in [2.05, 4.69) is 0 Å². The largest absolute Gasteiger partial charge is 0.481 e. The predicted molar refractivity (Wildman–Crippen MR) is 69.1 cm³/mol. The molecule has 2 rings (SSSR count). The Morgan fingerprint density at radius 3 is 2.37 bits per heavy atom. The zero-order valence-electron chi connectivity index (χ0n) is 10.5. The highest BCUT2D eigenvalue weighted by molar-refractivity contribution is 5.75. The van der Waals surface area contributed by atoms with Crippen LogP contribution in [0.3, 0.4) is 0 Å². The molecule has 1 N–H and O–H groups in total. The molecule has 1 aromatic carbocycles. The molecule has 3 unspecified atom stereocenters. The minimum Gasteiger partial charge on any atom is -0.481 e. The lowest BCUT2D eigenvalue weighted by atomic mass is 9.72. The van der Waals surface area contributed by atoms with E-state index in [0.717, 1.165) is 18.1 Å². The van der Waals surface area contributed by atoms with Gasteiger partial charge in [0.25, 0.3) is 0 Å². The van der Waals surface area contributed by atoms with Gasteiger partial charge in [-0.15, -0.1) is 0 Å². The molecule has 4 heteroatoms. The van der Waals surface area contributed by atoms with Gasteiger partial charge in [-0.3, -0.25) is 9.59 Å². The number of carboxylic acid groups (broad SMARTS) is 1. The van der Waals surface area contributed by atoms with Gasteiger partial charge < -0.3 is 9.90 Å². The van der Waals surface area contributed by atoms with Gasteiger partial charge in [0.15, 0.2) is 0 Å². The van der Waals surface area contributed by atoms with E-state index in [9.17, 15) is 14.4 Å². The number of aldehydes is 2. The van der Waals surface area contributed by atoms with Crippen LogP contribution >= 0.6 is 0 Å². The SMILES string of the molecule is O=Cc1ccc(C2CCC(C(=O)O)CC2C=O)cc1. The maximum atomic E-state index is 11.2. The number of rotatable bonds is 4. The average Bonchev–Trinajstić information content (AvgIpc) is 2.46. The third-order valence-corrected chi connectivity index (χ3v) is 3.92. The molecule has 0 bridgehead atoms. The van der Waals surface area contributed by atoms with Crippen LogP contribution in [0.1, 0.15) is 41.1 Å². The van der Waals surface area contributed by atoms with Crippen molar-refractivity contribution in [3.8, 4) is 0 Å². The maximum absolute atomic E-state index is 11.2. The minimum absolute atomic E-state index is 0.0637. The Morgan fingerprint density at radius 2 is 1.84 bits per heavy atom. The van der Waals surface area contributed by atoms with Crippen LogP contribution < -0.4 is 0 Å². The van der Waals surface area contributed by atoms with E-state index >= 15 is 0 Å². The second-order valence-corrected chi connectivity index (χ2v) is 5.04. The lowest BCUT2D eigenvalue weighted by Crippen LogP contribution is -2.28. The Labute approximate surface area is 111 Å². The molecule has 1 fully saturated rings. The highest BCUT2D eigenvalue weighted by Gasteiger charge is 2.34. The van der Waals surface area contributed by atoms with Crippen LogP contribution in [-0.4, -0.2) is 23.6 Å². The molecule has 0 aromatic heterocycles. The number of carbonyl (C=O) groups is 3. The van der Waals surface area contributed by atoms with E-state index in [1.54, 1.807) is 12.1 Å². The molecule has 19 heavy (non-hydrogen) atoms. The summed E-state index contributed by atoms with van der Waals surface area (Å²) in [6.07, 6.45) is 3.34. The minimum atomic E-state index is -0.818. The number of hydrogen-bond donors (Lipinski definition) is 1. The van der Waals surface area contributed by atoms with E-state index in [1.165, 1.54) is 0 Å². The molecule has 1 saturated carbocycles. The normalized spacial score (nSPS) is 26.6. The van der Waals surface area contributed by atoms with Crippen LogP contribution in [0.5, 0.6) is 0 Å². The Morgan fingerprint density at radius 1 is 1.16 bits per heavy atom. The van der Waals surface area contributed by atoms with Crippen molar-refractivity contribution in [2.75, 3.05) is 0 Å². The molecule has 4 nitrogen and oxygen atoms in total. The molecule has 0 aliphatic heterocycles. The molecule has 100 valence electrons. The van der Waals surface area contributed by atoms with Crippen LogP contribution in [0, 0.1) is 11.8 Å². The summed E-state index contributed by atoms with van der Waals surface area (Å²) in [5, 5.41) is 9.02. The first-order valence-corrected chi connectivity index (χ1v) is 6.39. The zero-order chi connectivity index (χ0) is 13.8. The number of aliphatic carboxylic acids is 1. The van der Waals surface area contributed by atoms with E-state index < -0.39 is 11.9 Å². The smallest absolute Gasteiger partial charge is 0.306 e. The van der Waals surface area contributed by atoms with E-state index in [0.29, 0.717) is 24.8 Å². The molecule has 1 aliphatic carbocycles. The summed E-state index contributed by atoms with van der Waals surface area (Å²) in [6.45, 7) is 0. The van der Waals surface area contributed by atoms with Gasteiger partial charge in [-0.1, -0.05) is 24.3 Å². The summed E-state index contributed by atoms with van der Waals surface area (Å²) >= 11 is 0. The average molecular weight is 260 g/mol. The van der Waals surface area contributed by atoms with Crippen LogP contribution in [0.25, 0.3) is 0 Å². The molecule has 1 aliphatic rings. The third-order valence-electron chi connectivity index (χ3n) is 3.92. The highest BCUT2D eigenvalue weighted by atomic mass is 16.4. The van der Waals surface area contributed by atoms with Crippen molar-refractivity contribution < 1.29 is 19.5 Å². The van der Waals surface area contributed by atoms with E-state index in [4.69, 9.17) is 5.11 Å². The number of carbonyl (C=O) groups excluding carboxylic acids is 2. The van der Waals surface area contributed by atoms with Crippen molar-refractivity contribution in [2.24, 2.45) is 11.8 Å². The first-order valence-electron chi connectivity index (χ1n) is 6.39. The van der Waals surface area contributed by atoms with Gasteiger partial charge in [-0.25, -0.2) is 0 Å². The Balaban J connectivity index is 2.16. The zero-order valence-corrected chi connectivity index (χ0v) is 10.5. The molecule has 0 radical (unpaired) electrons. The summed E-state index contributed by atoms with van der Waals surface area (Å²) in [5.41, 5.74) is 1.61. The fourth-order valence-electron chi connectivity index (χ4n) is 2.82. The van der Waals surface area contributed by atoms with Crippen molar-refractivity contribution >= 4 is 18.5 Å². The fourth-order valence-corrected chi connectivity index (χ4v) is 2.82. The molecular weight excluding hydrogens is 244 g/mol.